The average molecular weight is 359 g/mol. The maximum atomic E-state index is 5.65. The van der Waals surface area contributed by atoms with Gasteiger partial charge < -0.3 is 9.14 Å². The van der Waals surface area contributed by atoms with Crippen molar-refractivity contribution in [2.45, 2.75) is 26.7 Å². The van der Waals surface area contributed by atoms with Gasteiger partial charge in [0.2, 0.25) is 5.88 Å². The summed E-state index contributed by atoms with van der Waals surface area (Å²) in [6.45, 7) is 4.55. The van der Waals surface area contributed by atoms with Gasteiger partial charge in [0.05, 0.1) is 18.7 Å². The molecule has 6 nitrogen and oxygen atoms in total. The van der Waals surface area contributed by atoms with E-state index in [-0.39, 0.29) is 0 Å². The van der Waals surface area contributed by atoms with E-state index in [1.165, 1.54) is 0 Å². The number of hydrogen-bond donors (Lipinski definition) is 0. The van der Waals surface area contributed by atoms with Gasteiger partial charge in [0.15, 0.2) is 0 Å². The van der Waals surface area contributed by atoms with Gasteiger partial charge in [-0.2, -0.15) is 4.98 Å². The van der Waals surface area contributed by atoms with Crippen molar-refractivity contribution < 1.29 is 4.74 Å². The van der Waals surface area contributed by atoms with E-state index in [4.69, 9.17) is 9.72 Å². The molecule has 0 aliphatic heterocycles. The van der Waals surface area contributed by atoms with Gasteiger partial charge in [0, 0.05) is 43.0 Å². The molecule has 27 heavy (non-hydrogen) atoms. The molecule has 0 atom stereocenters. The maximum Gasteiger partial charge on any atom is 0.216 e. The van der Waals surface area contributed by atoms with Gasteiger partial charge in [0.25, 0.3) is 0 Å². The van der Waals surface area contributed by atoms with Crippen molar-refractivity contribution >= 4 is 5.65 Å². The quantitative estimate of drug-likeness (QED) is 0.528. The first-order valence-corrected chi connectivity index (χ1v) is 9.02. The number of rotatable bonds is 6. The molecule has 0 bridgehead atoms. The van der Waals surface area contributed by atoms with E-state index in [0.717, 1.165) is 28.2 Å². The highest BCUT2D eigenvalue weighted by molar-refractivity contribution is 5.42. The van der Waals surface area contributed by atoms with Gasteiger partial charge in [-0.3, -0.25) is 4.98 Å². The van der Waals surface area contributed by atoms with E-state index in [1.807, 2.05) is 49.0 Å². The van der Waals surface area contributed by atoms with Crippen molar-refractivity contribution in [3.63, 3.8) is 0 Å². The Kier molecular flexibility index (Phi) is 4.78. The number of pyridine rings is 2. The summed E-state index contributed by atoms with van der Waals surface area (Å²) in [7, 11) is 0. The number of aromatic nitrogens is 5. The van der Waals surface area contributed by atoms with E-state index in [9.17, 15) is 0 Å². The summed E-state index contributed by atoms with van der Waals surface area (Å²) < 4.78 is 7.64. The molecular formula is C21H21N5O. The fourth-order valence-corrected chi connectivity index (χ4v) is 2.95. The molecule has 4 rings (SSSR count). The molecule has 0 spiro atoms. The van der Waals surface area contributed by atoms with Crippen LogP contribution < -0.4 is 4.74 Å². The van der Waals surface area contributed by atoms with Gasteiger partial charge in [0.1, 0.15) is 11.5 Å². The Labute approximate surface area is 157 Å². The largest absolute Gasteiger partial charge is 0.478 e. The van der Waals surface area contributed by atoms with Gasteiger partial charge >= 0.3 is 0 Å². The van der Waals surface area contributed by atoms with E-state index in [2.05, 4.69) is 33.2 Å². The van der Waals surface area contributed by atoms with Gasteiger partial charge in [-0.1, -0.05) is 6.07 Å². The van der Waals surface area contributed by atoms with Crippen LogP contribution in [0.4, 0.5) is 0 Å². The Morgan fingerprint density at radius 3 is 2.70 bits per heavy atom. The van der Waals surface area contributed by atoms with Crippen molar-refractivity contribution in [3.05, 3.63) is 83.5 Å². The average Bonchev–Trinajstić information content (AvgIpc) is 3.12. The fraction of sp³-hybridized carbons (Fsp3) is 0.238. The molecule has 0 aliphatic carbocycles. The number of hydrogen-bond acceptors (Lipinski definition) is 5. The molecule has 0 aliphatic rings. The monoisotopic (exact) mass is 359 g/mol. The molecule has 0 fully saturated rings. The van der Waals surface area contributed by atoms with Gasteiger partial charge in [-0.15, -0.1) is 0 Å². The van der Waals surface area contributed by atoms with Crippen LogP contribution >= 0.6 is 0 Å². The molecule has 4 aromatic heterocycles. The molecule has 0 saturated heterocycles. The third-order valence-corrected chi connectivity index (χ3v) is 4.25. The van der Waals surface area contributed by atoms with Crippen molar-refractivity contribution in [2.75, 3.05) is 6.61 Å². The molecule has 0 aromatic carbocycles. The summed E-state index contributed by atoms with van der Waals surface area (Å²) in [5.74, 6) is 1.32. The van der Waals surface area contributed by atoms with Crippen LogP contribution in [0.3, 0.4) is 0 Å². The lowest BCUT2D eigenvalue weighted by Crippen LogP contribution is -2.06. The molecule has 4 heterocycles. The topological polar surface area (TPSA) is 65.2 Å². The molecule has 0 unspecified atom stereocenters. The van der Waals surface area contributed by atoms with Crippen molar-refractivity contribution in [1.82, 2.24) is 24.3 Å². The first-order chi connectivity index (χ1) is 13.2. The van der Waals surface area contributed by atoms with Crippen LogP contribution in [-0.2, 0) is 12.8 Å². The zero-order valence-corrected chi connectivity index (χ0v) is 15.5. The minimum atomic E-state index is 0.568. The molecule has 4 aromatic rings. The lowest BCUT2D eigenvalue weighted by atomic mass is 10.1. The van der Waals surface area contributed by atoms with Crippen LogP contribution in [0, 0.1) is 6.92 Å². The second-order valence-corrected chi connectivity index (χ2v) is 6.45. The second kappa shape index (κ2) is 7.53. The predicted octanol–water partition coefficient (Wildman–Crippen LogP) is 3.41. The minimum Gasteiger partial charge on any atom is -0.478 e. The van der Waals surface area contributed by atoms with E-state index < -0.39 is 0 Å². The third-order valence-electron chi connectivity index (χ3n) is 4.25. The fourth-order valence-electron chi connectivity index (χ4n) is 2.95. The van der Waals surface area contributed by atoms with E-state index in [1.54, 1.807) is 6.20 Å². The standard InChI is InChI=1S/C21H21N5O/c1-3-27-21-13-18(10-16-6-8-26-9-7-22-20(26)11-16)24-19(25-21)12-17-5-4-15(2)14-23-17/h4-9,11,13-14H,3,10,12H2,1-2H3. The molecule has 0 radical (unpaired) electrons. The smallest absolute Gasteiger partial charge is 0.216 e. The molecular weight excluding hydrogens is 338 g/mol. The SMILES string of the molecule is CCOc1cc(Cc2ccn3ccnc3c2)nc(Cc2ccc(C)cn2)n1. The normalized spacial score (nSPS) is 11.0. The maximum absolute atomic E-state index is 5.65. The van der Waals surface area contributed by atoms with Crippen LogP contribution in [0.2, 0.25) is 0 Å². The van der Waals surface area contributed by atoms with Crippen LogP contribution in [0.5, 0.6) is 5.88 Å². The number of imidazole rings is 1. The molecule has 0 saturated carbocycles. The Bertz CT molecular complexity index is 1060. The highest BCUT2D eigenvalue weighted by Crippen LogP contribution is 2.16. The number of fused-ring (bicyclic) bond motifs is 1. The van der Waals surface area contributed by atoms with Crippen molar-refractivity contribution in [1.29, 1.82) is 0 Å². The van der Waals surface area contributed by atoms with Crippen LogP contribution in [0.1, 0.15) is 35.3 Å². The van der Waals surface area contributed by atoms with E-state index >= 15 is 0 Å². The summed E-state index contributed by atoms with van der Waals surface area (Å²) in [5, 5.41) is 0. The van der Waals surface area contributed by atoms with Crippen LogP contribution in [-0.4, -0.2) is 30.9 Å². The first kappa shape index (κ1) is 17.1. The molecule has 0 N–H and O–H groups in total. The highest BCUT2D eigenvalue weighted by Gasteiger charge is 2.09. The molecule has 0 amide bonds. The van der Waals surface area contributed by atoms with Gasteiger partial charge in [-0.05, 0) is 43.2 Å². The number of ether oxygens (including phenoxy) is 1. The predicted molar refractivity (Wildman–Crippen MR) is 103 cm³/mol. The van der Waals surface area contributed by atoms with Crippen molar-refractivity contribution in [3.8, 4) is 5.88 Å². The lowest BCUT2D eigenvalue weighted by Gasteiger charge is -2.09. The Hall–Kier alpha value is -3.28. The first-order valence-electron chi connectivity index (χ1n) is 9.02. The Balaban J connectivity index is 1.62. The van der Waals surface area contributed by atoms with Crippen molar-refractivity contribution in [2.24, 2.45) is 0 Å². The Morgan fingerprint density at radius 2 is 1.89 bits per heavy atom. The Morgan fingerprint density at radius 1 is 0.963 bits per heavy atom. The van der Waals surface area contributed by atoms with Crippen LogP contribution in [0.25, 0.3) is 5.65 Å². The summed E-state index contributed by atoms with van der Waals surface area (Å²) in [5.41, 5.74) is 5.08. The summed E-state index contributed by atoms with van der Waals surface area (Å²) in [4.78, 5) is 18.1. The number of nitrogens with zero attached hydrogens (tertiary/aromatic N) is 5. The summed E-state index contributed by atoms with van der Waals surface area (Å²) in [6, 6.07) is 10.1. The molecule has 136 valence electrons. The lowest BCUT2D eigenvalue weighted by molar-refractivity contribution is 0.324. The molecule has 6 heteroatoms. The third kappa shape index (κ3) is 4.11. The van der Waals surface area contributed by atoms with E-state index in [0.29, 0.717) is 31.2 Å². The summed E-state index contributed by atoms with van der Waals surface area (Å²) >= 11 is 0. The highest BCUT2D eigenvalue weighted by atomic mass is 16.5. The second-order valence-electron chi connectivity index (χ2n) is 6.45. The summed E-state index contributed by atoms with van der Waals surface area (Å²) in [6.07, 6.45) is 8.88. The zero-order chi connectivity index (χ0) is 18.6. The number of aryl methyl sites for hydroxylation is 1. The zero-order valence-electron chi connectivity index (χ0n) is 15.5. The van der Waals surface area contributed by atoms with Crippen LogP contribution in [0.15, 0.2) is 55.1 Å². The van der Waals surface area contributed by atoms with Gasteiger partial charge in [-0.25, -0.2) is 9.97 Å². The minimum absolute atomic E-state index is 0.568.